The lowest BCUT2D eigenvalue weighted by Crippen LogP contribution is -2.44. The fraction of sp³-hybridized carbons (Fsp3) is 0.545. The highest BCUT2D eigenvalue weighted by atomic mass is 16.6. The zero-order valence-electron chi connectivity index (χ0n) is 9.77. The molecule has 2 rings (SSSR count). The average Bonchev–Trinajstić information content (AvgIpc) is 2.23. The van der Waals surface area contributed by atoms with Gasteiger partial charge in [0.15, 0.2) is 0 Å². The number of hydrogen-bond acceptors (Lipinski definition) is 5. The Morgan fingerprint density at radius 2 is 2.29 bits per heavy atom. The molecule has 92 valence electrons. The van der Waals surface area contributed by atoms with Crippen LogP contribution in [0.25, 0.3) is 0 Å². The molecule has 6 heteroatoms. The van der Waals surface area contributed by atoms with Crippen LogP contribution in [-0.2, 0) is 0 Å². The van der Waals surface area contributed by atoms with E-state index < -0.39 is 4.92 Å². The number of anilines is 2. The zero-order chi connectivity index (χ0) is 12.5. The summed E-state index contributed by atoms with van der Waals surface area (Å²) in [4.78, 5) is 14.5. The van der Waals surface area contributed by atoms with E-state index in [9.17, 15) is 10.1 Å². The summed E-state index contributed by atoms with van der Waals surface area (Å²) in [5.74, 6) is 0.584. The second-order valence-corrected chi connectivity index (χ2v) is 4.47. The standard InChI is InChI=1S/C11H16N4O2/c1-2-11(6-3-7-11)14-10-8(15(16)17)4-5-9(12)13-10/h4-5H,2-3,6-7H2,1H3,(H3,12,13,14). The van der Waals surface area contributed by atoms with E-state index in [0.29, 0.717) is 5.82 Å². The summed E-state index contributed by atoms with van der Waals surface area (Å²) in [6.07, 6.45) is 4.13. The maximum atomic E-state index is 10.9. The lowest BCUT2D eigenvalue weighted by Gasteiger charge is -2.42. The molecule has 0 saturated heterocycles. The molecule has 0 amide bonds. The van der Waals surface area contributed by atoms with E-state index in [1.807, 2.05) is 0 Å². The van der Waals surface area contributed by atoms with Gasteiger partial charge in [0.25, 0.3) is 0 Å². The van der Waals surface area contributed by atoms with Gasteiger partial charge in [-0.3, -0.25) is 10.1 Å². The van der Waals surface area contributed by atoms with Crippen LogP contribution in [0.5, 0.6) is 0 Å². The van der Waals surface area contributed by atoms with Gasteiger partial charge in [-0.1, -0.05) is 6.92 Å². The van der Waals surface area contributed by atoms with E-state index in [1.54, 1.807) is 0 Å². The summed E-state index contributed by atoms with van der Waals surface area (Å²) in [5, 5.41) is 14.1. The first-order chi connectivity index (χ1) is 8.06. The third kappa shape index (κ3) is 2.15. The fourth-order valence-corrected chi connectivity index (χ4v) is 2.13. The van der Waals surface area contributed by atoms with Gasteiger partial charge in [0, 0.05) is 11.6 Å². The molecule has 0 bridgehead atoms. The Kier molecular flexibility index (Phi) is 2.87. The fourth-order valence-electron chi connectivity index (χ4n) is 2.13. The van der Waals surface area contributed by atoms with Crippen molar-refractivity contribution in [1.29, 1.82) is 0 Å². The second-order valence-electron chi connectivity index (χ2n) is 4.47. The molecule has 1 aliphatic rings. The summed E-state index contributed by atoms with van der Waals surface area (Å²) < 4.78 is 0. The molecule has 6 nitrogen and oxygen atoms in total. The van der Waals surface area contributed by atoms with Crippen LogP contribution in [0.2, 0.25) is 0 Å². The maximum Gasteiger partial charge on any atom is 0.311 e. The van der Waals surface area contributed by atoms with Gasteiger partial charge in [0.1, 0.15) is 5.82 Å². The number of hydrogen-bond donors (Lipinski definition) is 2. The average molecular weight is 236 g/mol. The van der Waals surface area contributed by atoms with Crippen LogP contribution in [0.3, 0.4) is 0 Å². The Bertz CT molecular complexity index is 438. The van der Waals surface area contributed by atoms with Crippen LogP contribution in [0, 0.1) is 10.1 Å². The Labute approximate surface area is 99.4 Å². The summed E-state index contributed by atoms with van der Waals surface area (Å²) in [6.45, 7) is 2.07. The van der Waals surface area contributed by atoms with E-state index in [2.05, 4.69) is 17.2 Å². The normalized spacial score (nSPS) is 17.2. The molecule has 17 heavy (non-hydrogen) atoms. The molecule has 0 unspecified atom stereocenters. The van der Waals surface area contributed by atoms with E-state index in [0.717, 1.165) is 25.7 Å². The van der Waals surface area contributed by atoms with Gasteiger partial charge in [-0.15, -0.1) is 0 Å². The minimum Gasteiger partial charge on any atom is -0.384 e. The van der Waals surface area contributed by atoms with E-state index in [1.165, 1.54) is 12.1 Å². The molecule has 0 atom stereocenters. The first kappa shape index (κ1) is 11.6. The predicted octanol–water partition coefficient (Wildman–Crippen LogP) is 2.32. The van der Waals surface area contributed by atoms with E-state index in [-0.39, 0.29) is 17.0 Å². The smallest absolute Gasteiger partial charge is 0.311 e. The van der Waals surface area contributed by atoms with Gasteiger partial charge in [-0.05, 0) is 31.7 Å². The predicted molar refractivity (Wildman–Crippen MR) is 65.8 cm³/mol. The van der Waals surface area contributed by atoms with Crippen LogP contribution in [-0.4, -0.2) is 15.4 Å². The molecule has 1 heterocycles. The summed E-state index contributed by atoms with van der Waals surface area (Å²) >= 11 is 0. The third-order valence-corrected chi connectivity index (χ3v) is 3.46. The highest BCUT2D eigenvalue weighted by Gasteiger charge is 2.36. The quantitative estimate of drug-likeness (QED) is 0.618. The van der Waals surface area contributed by atoms with Crippen molar-refractivity contribution in [2.45, 2.75) is 38.1 Å². The molecule has 0 radical (unpaired) electrons. The molecule has 1 aromatic heterocycles. The molecule has 1 aliphatic carbocycles. The number of nitrogens with two attached hydrogens (primary N) is 1. The molecule has 0 spiro atoms. The van der Waals surface area contributed by atoms with Gasteiger partial charge in [-0.2, -0.15) is 0 Å². The summed E-state index contributed by atoms with van der Waals surface area (Å²) in [5.41, 5.74) is 5.52. The number of nitrogens with one attached hydrogen (secondary N) is 1. The lowest BCUT2D eigenvalue weighted by atomic mass is 9.75. The van der Waals surface area contributed by atoms with Crippen LogP contribution in [0.15, 0.2) is 12.1 Å². The highest BCUT2D eigenvalue weighted by molar-refractivity contribution is 5.60. The zero-order valence-corrected chi connectivity index (χ0v) is 9.77. The third-order valence-electron chi connectivity index (χ3n) is 3.46. The topological polar surface area (TPSA) is 94.1 Å². The minimum atomic E-state index is -0.434. The largest absolute Gasteiger partial charge is 0.384 e. The summed E-state index contributed by atoms with van der Waals surface area (Å²) in [6, 6.07) is 2.84. The molecule has 1 saturated carbocycles. The molecule has 3 N–H and O–H groups in total. The SMILES string of the molecule is CCC1(Nc2nc(N)ccc2[N+](=O)[O-])CCC1. The first-order valence-corrected chi connectivity index (χ1v) is 5.75. The Morgan fingerprint density at radius 3 is 2.76 bits per heavy atom. The van der Waals surface area contributed by atoms with Crippen LogP contribution in [0.1, 0.15) is 32.6 Å². The van der Waals surface area contributed by atoms with Gasteiger partial charge < -0.3 is 11.1 Å². The first-order valence-electron chi connectivity index (χ1n) is 5.75. The highest BCUT2D eigenvalue weighted by Crippen LogP contribution is 2.39. The van der Waals surface area contributed by atoms with E-state index in [4.69, 9.17) is 5.73 Å². The van der Waals surface area contributed by atoms with Gasteiger partial charge in [-0.25, -0.2) is 4.98 Å². The van der Waals surface area contributed by atoms with Crippen molar-refractivity contribution in [2.24, 2.45) is 0 Å². The monoisotopic (exact) mass is 236 g/mol. The Balaban J connectivity index is 2.30. The van der Waals surface area contributed by atoms with E-state index >= 15 is 0 Å². The number of rotatable bonds is 4. The van der Waals surface area contributed by atoms with Crippen molar-refractivity contribution in [2.75, 3.05) is 11.1 Å². The maximum absolute atomic E-state index is 10.9. The molecule has 0 aliphatic heterocycles. The Hall–Kier alpha value is -1.85. The van der Waals surface area contributed by atoms with Crippen molar-refractivity contribution < 1.29 is 4.92 Å². The number of pyridine rings is 1. The van der Waals surface area contributed by atoms with Crippen LogP contribution in [0.4, 0.5) is 17.3 Å². The molecular weight excluding hydrogens is 220 g/mol. The van der Waals surface area contributed by atoms with Gasteiger partial charge in [0.2, 0.25) is 5.82 Å². The number of aromatic nitrogens is 1. The summed E-state index contributed by atoms with van der Waals surface area (Å²) in [7, 11) is 0. The molecular formula is C11H16N4O2. The number of nitrogens with zero attached hydrogens (tertiary/aromatic N) is 2. The van der Waals surface area contributed by atoms with Crippen molar-refractivity contribution in [3.8, 4) is 0 Å². The molecule has 1 aromatic rings. The second kappa shape index (κ2) is 4.20. The van der Waals surface area contributed by atoms with Crippen molar-refractivity contribution >= 4 is 17.3 Å². The van der Waals surface area contributed by atoms with Gasteiger partial charge >= 0.3 is 5.69 Å². The van der Waals surface area contributed by atoms with Crippen molar-refractivity contribution in [3.63, 3.8) is 0 Å². The van der Waals surface area contributed by atoms with Crippen LogP contribution < -0.4 is 11.1 Å². The van der Waals surface area contributed by atoms with Gasteiger partial charge in [0.05, 0.1) is 4.92 Å². The Morgan fingerprint density at radius 1 is 1.59 bits per heavy atom. The lowest BCUT2D eigenvalue weighted by molar-refractivity contribution is -0.384. The molecule has 1 fully saturated rings. The van der Waals surface area contributed by atoms with Crippen molar-refractivity contribution in [3.05, 3.63) is 22.2 Å². The molecule has 0 aromatic carbocycles. The van der Waals surface area contributed by atoms with Crippen LogP contribution >= 0.6 is 0 Å². The minimum absolute atomic E-state index is 0.0149. The van der Waals surface area contributed by atoms with Crippen molar-refractivity contribution in [1.82, 2.24) is 4.98 Å². The number of nitro groups is 1. The number of nitrogen functional groups attached to an aromatic ring is 1.